The van der Waals surface area contributed by atoms with E-state index in [0.717, 1.165) is 27.5 Å². The fraction of sp³-hybridized carbons (Fsp3) is 0.120. The molecule has 1 atom stereocenters. The highest BCUT2D eigenvalue weighted by molar-refractivity contribution is 7.16. The number of carbonyl (C=O) groups is 1. The van der Waals surface area contributed by atoms with Crippen molar-refractivity contribution < 1.29 is 4.79 Å². The molecule has 30 heavy (non-hydrogen) atoms. The van der Waals surface area contributed by atoms with Gasteiger partial charge in [-0.15, -0.1) is 11.3 Å². The van der Waals surface area contributed by atoms with Crippen LogP contribution in [-0.4, -0.2) is 10.9 Å². The van der Waals surface area contributed by atoms with Gasteiger partial charge in [0.05, 0.1) is 11.7 Å². The third-order valence-corrected chi connectivity index (χ3v) is 6.19. The number of hydrogen-bond acceptors (Lipinski definition) is 4. The van der Waals surface area contributed by atoms with Crippen LogP contribution in [0.5, 0.6) is 0 Å². The van der Waals surface area contributed by atoms with Crippen molar-refractivity contribution in [3.05, 3.63) is 112 Å². The number of para-hydroxylation sites is 1. The number of benzene rings is 2. The lowest BCUT2D eigenvalue weighted by atomic mass is 9.99. The van der Waals surface area contributed by atoms with Crippen LogP contribution < -0.4 is 10.6 Å². The van der Waals surface area contributed by atoms with Crippen molar-refractivity contribution in [2.75, 3.05) is 10.6 Å². The molecule has 5 heteroatoms. The van der Waals surface area contributed by atoms with Gasteiger partial charge in [0.1, 0.15) is 5.00 Å². The van der Waals surface area contributed by atoms with Gasteiger partial charge in [-0.2, -0.15) is 0 Å². The van der Waals surface area contributed by atoms with E-state index < -0.39 is 0 Å². The Morgan fingerprint density at radius 1 is 0.900 bits per heavy atom. The molecule has 0 saturated heterocycles. The van der Waals surface area contributed by atoms with Crippen LogP contribution >= 0.6 is 11.3 Å². The number of hydrogen-bond donors (Lipinski definition) is 2. The van der Waals surface area contributed by atoms with Gasteiger partial charge in [0, 0.05) is 27.9 Å². The summed E-state index contributed by atoms with van der Waals surface area (Å²) in [6, 6.07) is 25.1. The second kappa shape index (κ2) is 8.93. The van der Waals surface area contributed by atoms with E-state index in [1.807, 2.05) is 78.9 Å². The molecule has 0 spiro atoms. The molecule has 0 radical (unpaired) electrons. The number of pyridine rings is 1. The molecule has 0 fully saturated rings. The predicted octanol–water partition coefficient (Wildman–Crippen LogP) is 6.21. The molecule has 4 aromatic rings. The molecule has 2 aromatic heterocycles. The van der Waals surface area contributed by atoms with Gasteiger partial charge in [0.25, 0.3) is 5.91 Å². The van der Waals surface area contributed by atoms with Gasteiger partial charge in [0.2, 0.25) is 0 Å². The summed E-state index contributed by atoms with van der Waals surface area (Å²) in [4.78, 5) is 18.6. The highest BCUT2D eigenvalue weighted by Gasteiger charge is 2.25. The van der Waals surface area contributed by atoms with Crippen molar-refractivity contribution in [1.29, 1.82) is 0 Å². The smallest absolute Gasteiger partial charge is 0.256 e. The van der Waals surface area contributed by atoms with Crippen LogP contribution in [0.2, 0.25) is 0 Å². The highest BCUT2D eigenvalue weighted by Crippen LogP contribution is 2.40. The first kappa shape index (κ1) is 19.9. The van der Waals surface area contributed by atoms with E-state index in [-0.39, 0.29) is 11.9 Å². The fourth-order valence-corrected chi connectivity index (χ4v) is 4.49. The third-order valence-electron chi connectivity index (χ3n) is 5.05. The molecule has 0 aliphatic heterocycles. The third kappa shape index (κ3) is 4.26. The summed E-state index contributed by atoms with van der Waals surface area (Å²) in [5.41, 5.74) is 4.73. The van der Waals surface area contributed by atoms with Crippen molar-refractivity contribution in [2.24, 2.45) is 0 Å². The second-order valence-corrected chi connectivity index (χ2v) is 8.27. The molecule has 0 aliphatic carbocycles. The Morgan fingerprint density at radius 2 is 1.57 bits per heavy atom. The Balaban J connectivity index is 1.76. The standard InChI is InChI=1S/C25H23N3OS/c1-17-18(2)30-25(28-24(29)19-11-5-3-6-12-19)22(17)23(21-15-9-10-16-26-21)27-20-13-7-4-8-14-20/h3-16,23,27H,1-2H3,(H,28,29)/t23-/m0/s1. The Hall–Kier alpha value is -3.44. The Morgan fingerprint density at radius 3 is 2.23 bits per heavy atom. The molecule has 0 aliphatic rings. The topological polar surface area (TPSA) is 54.0 Å². The zero-order valence-corrected chi connectivity index (χ0v) is 17.7. The minimum absolute atomic E-state index is 0.113. The van der Waals surface area contributed by atoms with Gasteiger partial charge in [-0.3, -0.25) is 9.78 Å². The normalized spacial score (nSPS) is 11.7. The maximum atomic E-state index is 12.9. The van der Waals surface area contributed by atoms with Gasteiger partial charge in [-0.25, -0.2) is 0 Å². The largest absolute Gasteiger partial charge is 0.373 e. The molecule has 4 nitrogen and oxygen atoms in total. The van der Waals surface area contributed by atoms with Crippen molar-refractivity contribution in [1.82, 2.24) is 4.98 Å². The Labute approximate surface area is 180 Å². The molecule has 150 valence electrons. The lowest BCUT2D eigenvalue weighted by molar-refractivity contribution is 0.102. The SMILES string of the molecule is Cc1sc(NC(=O)c2ccccc2)c([C@@H](Nc2ccccc2)c2ccccn2)c1C. The quantitative estimate of drug-likeness (QED) is 0.395. The minimum Gasteiger partial charge on any atom is -0.373 e. The number of carbonyl (C=O) groups excluding carboxylic acids is 1. The van der Waals surface area contributed by atoms with Crippen LogP contribution in [0.1, 0.15) is 38.1 Å². The lowest BCUT2D eigenvalue weighted by Gasteiger charge is -2.22. The number of aryl methyl sites for hydroxylation is 1. The summed E-state index contributed by atoms with van der Waals surface area (Å²) in [6.07, 6.45) is 1.80. The molecule has 2 aromatic carbocycles. The van der Waals surface area contributed by atoms with Crippen LogP contribution in [0.3, 0.4) is 0 Å². The summed E-state index contributed by atoms with van der Waals surface area (Å²) in [5, 5.41) is 7.59. The molecular formula is C25H23N3OS. The number of amides is 1. The number of aromatic nitrogens is 1. The summed E-state index contributed by atoms with van der Waals surface area (Å²) in [5.74, 6) is -0.113. The number of anilines is 2. The van der Waals surface area contributed by atoms with Crippen LogP contribution in [-0.2, 0) is 0 Å². The van der Waals surface area contributed by atoms with Crippen molar-refractivity contribution in [3.8, 4) is 0 Å². The number of thiophene rings is 1. The van der Waals surface area contributed by atoms with Crippen molar-refractivity contribution >= 4 is 27.9 Å². The zero-order valence-electron chi connectivity index (χ0n) is 16.9. The van der Waals surface area contributed by atoms with Crippen LogP contribution in [0.25, 0.3) is 0 Å². The molecule has 4 rings (SSSR count). The van der Waals surface area contributed by atoms with Gasteiger partial charge in [-0.05, 0) is 55.8 Å². The molecule has 2 N–H and O–H groups in total. The average molecular weight is 414 g/mol. The van der Waals surface area contributed by atoms with E-state index in [9.17, 15) is 4.79 Å². The molecule has 0 bridgehead atoms. The maximum absolute atomic E-state index is 12.9. The van der Waals surface area contributed by atoms with Gasteiger partial charge >= 0.3 is 0 Å². The Bertz CT molecular complexity index is 1130. The molecule has 1 amide bonds. The second-order valence-electron chi connectivity index (χ2n) is 7.04. The van der Waals surface area contributed by atoms with Gasteiger partial charge in [0.15, 0.2) is 0 Å². The maximum Gasteiger partial charge on any atom is 0.256 e. The van der Waals surface area contributed by atoms with E-state index in [2.05, 4.69) is 29.5 Å². The monoisotopic (exact) mass is 413 g/mol. The summed E-state index contributed by atoms with van der Waals surface area (Å²) >= 11 is 1.60. The van der Waals surface area contributed by atoms with Crippen LogP contribution in [0.15, 0.2) is 85.1 Å². The Kier molecular flexibility index (Phi) is 5.91. The van der Waals surface area contributed by atoms with Crippen molar-refractivity contribution in [3.63, 3.8) is 0 Å². The van der Waals surface area contributed by atoms with Crippen LogP contribution in [0, 0.1) is 13.8 Å². The highest BCUT2D eigenvalue weighted by atomic mass is 32.1. The molecule has 0 unspecified atom stereocenters. The summed E-state index contributed by atoms with van der Waals surface area (Å²) in [6.45, 7) is 4.18. The van der Waals surface area contributed by atoms with E-state index in [1.54, 1.807) is 17.5 Å². The predicted molar refractivity (Wildman–Crippen MR) is 124 cm³/mol. The summed E-state index contributed by atoms with van der Waals surface area (Å²) in [7, 11) is 0. The molecule has 2 heterocycles. The first-order valence-corrected chi connectivity index (χ1v) is 10.6. The molecular weight excluding hydrogens is 390 g/mol. The molecule has 0 saturated carbocycles. The average Bonchev–Trinajstić information content (AvgIpc) is 3.07. The number of nitrogens with one attached hydrogen (secondary N) is 2. The van der Waals surface area contributed by atoms with Crippen molar-refractivity contribution in [2.45, 2.75) is 19.9 Å². The number of nitrogens with zero attached hydrogens (tertiary/aromatic N) is 1. The van der Waals surface area contributed by atoms with Crippen LogP contribution in [0.4, 0.5) is 10.7 Å². The fourth-order valence-electron chi connectivity index (χ4n) is 3.39. The van der Waals surface area contributed by atoms with Gasteiger partial charge in [-0.1, -0.05) is 42.5 Å². The number of rotatable bonds is 6. The first-order chi connectivity index (χ1) is 14.6. The van der Waals surface area contributed by atoms with Gasteiger partial charge < -0.3 is 10.6 Å². The minimum atomic E-state index is -0.190. The zero-order chi connectivity index (χ0) is 20.9. The van der Waals surface area contributed by atoms with E-state index >= 15 is 0 Å². The van der Waals surface area contributed by atoms with E-state index in [4.69, 9.17) is 0 Å². The van der Waals surface area contributed by atoms with E-state index in [0.29, 0.717) is 5.56 Å². The summed E-state index contributed by atoms with van der Waals surface area (Å²) < 4.78 is 0. The first-order valence-electron chi connectivity index (χ1n) is 9.82. The van der Waals surface area contributed by atoms with E-state index in [1.165, 1.54) is 4.88 Å². The lowest BCUT2D eigenvalue weighted by Crippen LogP contribution is -2.18.